The highest BCUT2D eigenvalue weighted by Crippen LogP contribution is 2.13. The van der Waals surface area contributed by atoms with Gasteiger partial charge in [0.25, 0.3) is 0 Å². The minimum Gasteiger partial charge on any atom is -0.475 e. The highest BCUT2D eigenvalue weighted by Gasteiger charge is 2.38. The van der Waals surface area contributed by atoms with Gasteiger partial charge < -0.3 is 15.6 Å². The van der Waals surface area contributed by atoms with Crippen molar-refractivity contribution >= 4 is 11.9 Å². The van der Waals surface area contributed by atoms with E-state index in [1.165, 1.54) is 0 Å². The zero-order valence-corrected chi connectivity index (χ0v) is 12.8. The first kappa shape index (κ1) is 20.9. The molecule has 0 bridgehead atoms. The Morgan fingerprint density at radius 2 is 1.70 bits per heavy atom. The van der Waals surface area contributed by atoms with Gasteiger partial charge in [0, 0.05) is 0 Å². The van der Waals surface area contributed by atoms with Crippen molar-refractivity contribution in [3.63, 3.8) is 0 Å². The van der Waals surface area contributed by atoms with Gasteiger partial charge in [0.2, 0.25) is 0 Å². The summed E-state index contributed by atoms with van der Waals surface area (Å²) in [6.45, 7) is 4.36. The van der Waals surface area contributed by atoms with Gasteiger partial charge in [-0.3, -0.25) is 4.79 Å². The Morgan fingerprint density at radius 1 is 1.22 bits per heavy atom. The average molecular weight is 335 g/mol. The molecular formula is C15H20F3NO4. The van der Waals surface area contributed by atoms with E-state index in [0.29, 0.717) is 18.9 Å². The first-order valence-electron chi connectivity index (χ1n) is 6.80. The number of esters is 1. The van der Waals surface area contributed by atoms with Crippen LogP contribution in [0.1, 0.15) is 25.8 Å². The van der Waals surface area contributed by atoms with Gasteiger partial charge >= 0.3 is 18.1 Å². The van der Waals surface area contributed by atoms with E-state index in [2.05, 4.69) is 0 Å². The fraction of sp³-hybridized carbons (Fsp3) is 0.467. The third-order valence-electron chi connectivity index (χ3n) is 2.49. The lowest BCUT2D eigenvalue weighted by Gasteiger charge is -2.13. The summed E-state index contributed by atoms with van der Waals surface area (Å²) < 4.78 is 36.9. The van der Waals surface area contributed by atoms with Crippen LogP contribution in [0, 0.1) is 5.92 Å². The van der Waals surface area contributed by atoms with Gasteiger partial charge in [0.05, 0.1) is 0 Å². The fourth-order valence-electron chi connectivity index (χ4n) is 1.44. The van der Waals surface area contributed by atoms with Crippen LogP contribution in [0.3, 0.4) is 0 Å². The lowest BCUT2D eigenvalue weighted by molar-refractivity contribution is -0.192. The second-order valence-electron chi connectivity index (χ2n) is 5.13. The molecule has 0 saturated heterocycles. The molecule has 1 aromatic rings. The van der Waals surface area contributed by atoms with E-state index in [0.717, 1.165) is 5.56 Å². The molecular weight excluding hydrogens is 315 g/mol. The number of halogens is 3. The summed E-state index contributed by atoms with van der Waals surface area (Å²) in [5, 5.41) is 7.12. The Bertz CT molecular complexity index is 489. The molecule has 0 aliphatic rings. The first-order chi connectivity index (χ1) is 10.5. The quantitative estimate of drug-likeness (QED) is 0.808. The predicted molar refractivity (Wildman–Crippen MR) is 77.4 cm³/mol. The number of hydrogen-bond donors (Lipinski definition) is 2. The molecule has 0 spiro atoms. The Hall–Kier alpha value is -2.09. The standard InChI is InChI=1S/C13H19NO2.C2HF3O2/c1-10(2)8-12(14)13(15)16-9-11-6-4-3-5-7-11;3-2(4,5)1(6)7/h3-7,10,12H,8-9,14H2,1-2H3;(H,6,7). The molecule has 1 atom stereocenters. The van der Waals surface area contributed by atoms with Crippen LogP contribution in [0.2, 0.25) is 0 Å². The van der Waals surface area contributed by atoms with Gasteiger partial charge in [-0.1, -0.05) is 44.2 Å². The molecule has 0 amide bonds. The van der Waals surface area contributed by atoms with Crippen LogP contribution in [-0.2, 0) is 20.9 Å². The number of benzene rings is 1. The Labute approximate surface area is 132 Å². The summed E-state index contributed by atoms with van der Waals surface area (Å²) in [5.41, 5.74) is 6.69. The topological polar surface area (TPSA) is 89.6 Å². The molecule has 0 radical (unpaired) electrons. The Morgan fingerprint density at radius 3 is 2.09 bits per heavy atom. The second-order valence-corrected chi connectivity index (χ2v) is 5.13. The summed E-state index contributed by atoms with van der Waals surface area (Å²) in [5.74, 6) is -2.68. The molecule has 0 aliphatic heterocycles. The monoisotopic (exact) mass is 335 g/mol. The molecule has 0 saturated carbocycles. The molecule has 0 aliphatic carbocycles. The minimum atomic E-state index is -5.08. The molecule has 0 heterocycles. The molecule has 0 fully saturated rings. The molecule has 0 aromatic heterocycles. The normalized spacial score (nSPS) is 12.1. The zero-order chi connectivity index (χ0) is 18.0. The van der Waals surface area contributed by atoms with E-state index >= 15 is 0 Å². The van der Waals surface area contributed by atoms with Crippen LogP contribution in [0.4, 0.5) is 13.2 Å². The molecule has 1 rings (SSSR count). The van der Waals surface area contributed by atoms with Gasteiger partial charge in [0.1, 0.15) is 12.6 Å². The number of nitrogens with two attached hydrogens (primary N) is 1. The number of ether oxygens (including phenoxy) is 1. The third kappa shape index (κ3) is 10.3. The minimum absolute atomic E-state index is 0.297. The molecule has 8 heteroatoms. The van der Waals surface area contributed by atoms with Crippen molar-refractivity contribution in [3.8, 4) is 0 Å². The van der Waals surface area contributed by atoms with Crippen molar-refractivity contribution in [2.75, 3.05) is 0 Å². The van der Waals surface area contributed by atoms with Crippen LogP contribution >= 0.6 is 0 Å². The highest BCUT2D eigenvalue weighted by atomic mass is 19.4. The molecule has 130 valence electrons. The number of carboxylic acid groups (broad SMARTS) is 1. The maximum Gasteiger partial charge on any atom is 0.490 e. The zero-order valence-electron chi connectivity index (χ0n) is 12.8. The van der Waals surface area contributed by atoms with E-state index in [1.54, 1.807) is 0 Å². The number of carbonyl (C=O) groups is 2. The molecule has 3 N–H and O–H groups in total. The van der Waals surface area contributed by atoms with Crippen molar-refractivity contribution in [2.45, 2.75) is 39.1 Å². The van der Waals surface area contributed by atoms with Crippen molar-refractivity contribution in [1.29, 1.82) is 0 Å². The van der Waals surface area contributed by atoms with E-state index in [4.69, 9.17) is 20.4 Å². The van der Waals surface area contributed by atoms with Crippen molar-refractivity contribution in [3.05, 3.63) is 35.9 Å². The van der Waals surface area contributed by atoms with Crippen LogP contribution in [-0.4, -0.2) is 29.3 Å². The van der Waals surface area contributed by atoms with Crippen LogP contribution < -0.4 is 5.73 Å². The molecule has 5 nitrogen and oxygen atoms in total. The largest absolute Gasteiger partial charge is 0.490 e. The number of alkyl halides is 3. The molecule has 1 unspecified atom stereocenters. The van der Waals surface area contributed by atoms with Gasteiger partial charge in [-0.05, 0) is 17.9 Å². The fourth-order valence-corrected chi connectivity index (χ4v) is 1.44. The number of carbonyl (C=O) groups excluding carboxylic acids is 1. The summed E-state index contributed by atoms with van der Waals surface area (Å²) in [6.07, 6.45) is -4.42. The van der Waals surface area contributed by atoms with Crippen LogP contribution in [0.25, 0.3) is 0 Å². The summed E-state index contributed by atoms with van der Waals surface area (Å²) >= 11 is 0. The second kappa shape index (κ2) is 9.83. The summed E-state index contributed by atoms with van der Waals surface area (Å²) in [7, 11) is 0. The van der Waals surface area contributed by atoms with Gasteiger partial charge in [-0.25, -0.2) is 4.79 Å². The van der Waals surface area contributed by atoms with Crippen LogP contribution in [0.15, 0.2) is 30.3 Å². The van der Waals surface area contributed by atoms with Gasteiger partial charge in [0.15, 0.2) is 0 Å². The number of rotatable bonds is 5. The van der Waals surface area contributed by atoms with Crippen molar-refractivity contribution < 1.29 is 32.6 Å². The van der Waals surface area contributed by atoms with E-state index in [-0.39, 0.29) is 5.97 Å². The lowest BCUT2D eigenvalue weighted by atomic mass is 10.1. The summed E-state index contributed by atoms with van der Waals surface area (Å²) in [6, 6.07) is 9.08. The number of aliphatic carboxylic acids is 1. The number of hydrogen-bond acceptors (Lipinski definition) is 4. The summed E-state index contributed by atoms with van der Waals surface area (Å²) in [4.78, 5) is 20.4. The van der Waals surface area contributed by atoms with Gasteiger partial charge in [-0.15, -0.1) is 0 Å². The first-order valence-corrected chi connectivity index (χ1v) is 6.80. The SMILES string of the molecule is CC(C)CC(N)C(=O)OCc1ccccc1.O=C(O)C(F)(F)F. The maximum atomic E-state index is 11.5. The van der Waals surface area contributed by atoms with Crippen LogP contribution in [0.5, 0.6) is 0 Å². The Kier molecular flexibility index (Phi) is 8.94. The van der Waals surface area contributed by atoms with Gasteiger partial charge in [-0.2, -0.15) is 13.2 Å². The Balaban J connectivity index is 0.000000585. The third-order valence-corrected chi connectivity index (χ3v) is 2.49. The van der Waals surface area contributed by atoms with Crippen molar-refractivity contribution in [2.24, 2.45) is 11.7 Å². The highest BCUT2D eigenvalue weighted by molar-refractivity contribution is 5.75. The smallest absolute Gasteiger partial charge is 0.475 e. The number of carboxylic acids is 1. The molecule has 1 aromatic carbocycles. The van der Waals surface area contributed by atoms with E-state index in [1.807, 2.05) is 44.2 Å². The van der Waals surface area contributed by atoms with Crippen molar-refractivity contribution in [1.82, 2.24) is 0 Å². The van der Waals surface area contributed by atoms with E-state index in [9.17, 15) is 18.0 Å². The average Bonchev–Trinajstić information content (AvgIpc) is 2.44. The maximum absolute atomic E-state index is 11.5. The van der Waals surface area contributed by atoms with E-state index < -0.39 is 18.2 Å². The molecule has 23 heavy (non-hydrogen) atoms. The predicted octanol–water partition coefficient (Wildman–Crippen LogP) is 2.74. The lowest BCUT2D eigenvalue weighted by Crippen LogP contribution is -2.33.